The van der Waals surface area contributed by atoms with Gasteiger partial charge in [0, 0.05) is 0 Å². The summed E-state index contributed by atoms with van der Waals surface area (Å²) in [5.41, 5.74) is -0.774. The Morgan fingerprint density at radius 1 is 1.32 bits per heavy atom. The van der Waals surface area contributed by atoms with Crippen LogP contribution in [0.2, 0.25) is 0 Å². The molecule has 1 aromatic rings. The van der Waals surface area contributed by atoms with E-state index in [1.54, 1.807) is 13.8 Å². The summed E-state index contributed by atoms with van der Waals surface area (Å²) in [4.78, 5) is 10.9. The SMILES string of the molecule is CC(C)(CCCCOc1cccc(F)c1F)C(=O)O. The number of ether oxygens (including phenoxy) is 1. The summed E-state index contributed by atoms with van der Waals surface area (Å²) in [5.74, 6) is -2.89. The number of aliphatic carboxylic acids is 1. The minimum absolute atomic E-state index is 0.113. The predicted octanol–water partition coefficient (Wildman–Crippen LogP) is 3.62. The van der Waals surface area contributed by atoms with E-state index < -0.39 is 23.0 Å². The molecular formula is C14H18F2O3. The third kappa shape index (κ3) is 4.50. The smallest absolute Gasteiger partial charge is 0.309 e. The third-order valence-electron chi connectivity index (χ3n) is 2.95. The number of unbranched alkanes of at least 4 members (excludes halogenated alkanes) is 1. The molecule has 106 valence electrons. The van der Waals surface area contributed by atoms with Crippen molar-refractivity contribution >= 4 is 5.97 Å². The highest BCUT2D eigenvalue weighted by Crippen LogP contribution is 2.24. The number of hydrogen-bond acceptors (Lipinski definition) is 2. The molecule has 0 heterocycles. The van der Waals surface area contributed by atoms with Crippen LogP contribution in [-0.4, -0.2) is 17.7 Å². The Morgan fingerprint density at radius 2 is 2.00 bits per heavy atom. The number of halogens is 2. The molecule has 0 aliphatic heterocycles. The second kappa shape index (κ2) is 6.50. The van der Waals surface area contributed by atoms with Crippen LogP contribution in [0.5, 0.6) is 5.75 Å². The zero-order valence-corrected chi connectivity index (χ0v) is 11.1. The van der Waals surface area contributed by atoms with Crippen molar-refractivity contribution in [3.05, 3.63) is 29.8 Å². The standard InChI is InChI=1S/C14H18F2O3/c1-14(2,13(17)18)8-3-4-9-19-11-7-5-6-10(15)12(11)16/h5-7H,3-4,8-9H2,1-2H3,(H,17,18). The van der Waals surface area contributed by atoms with Gasteiger partial charge in [-0.05, 0) is 45.2 Å². The first kappa shape index (κ1) is 15.4. The normalized spacial score (nSPS) is 11.4. The topological polar surface area (TPSA) is 46.5 Å². The van der Waals surface area contributed by atoms with E-state index in [-0.39, 0.29) is 12.4 Å². The van der Waals surface area contributed by atoms with Crippen molar-refractivity contribution in [2.45, 2.75) is 33.1 Å². The van der Waals surface area contributed by atoms with E-state index in [0.717, 1.165) is 6.07 Å². The van der Waals surface area contributed by atoms with Crippen molar-refractivity contribution in [1.29, 1.82) is 0 Å². The van der Waals surface area contributed by atoms with E-state index in [4.69, 9.17) is 9.84 Å². The van der Waals surface area contributed by atoms with Crippen LogP contribution >= 0.6 is 0 Å². The lowest BCUT2D eigenvalue weighted by atomic mass is 9.87. The lowest BCUT2D eigenvalue weighted by Crippen LogP contribution is -2.23. The summed E-state index contributed by atoms with van der Waals surface area (Å²) in [6.45, 7) is 3.54. The Hall–Kier alpha value is -1.65. The zero-order chi connectivity index (χ0) is 14.5. The molecule has 1 aromatic carbocycles. The first-order chi connectivity index (χ1) is 8.84. The monoisotopic (exact) mass is 272 g/mol. The fourth-order valence-corrected chi connectivity index (χ4v) is 1.55. The molecule has 0 saturated heterocycles. The lowest BCUT2D eigenvalue weighted by Gasteiger charge is -2.18. The summed E-state index contributed by atoms with van der Waals surface area (Å²) < 4.78 is 31.2. The largest absolute Gasteiger partial charge is 0.490 e. The van der Waals surface area contributed by atoms with Gasteiger partial charge in [-0.3, -0.25) is 4.79 Å². The highest BCUT2D eigenvalue weighted by Gasteiger charge is 2.25. The van der Waals surface area contributed by atoms with E-state index in [1.807, 2.05) is 0 Å². The summed E-state index contributed by atoms with van der Waals surface area (Å²) in [6, 6.07) is 3.76. The van der Waals surface area contributed by atoms with E-state index in [9.17, 15) is 13.6 Å². The molecule has 19 heavy (non-hydrogen) atoms. The minimum Gasteiger partial charge on any atom is -0.490 e. The highest BCUT2D eigenvalue weighted by atomic mass is 19.2. The molecule has 0 saturated carbocycles. The molecule has 0 spiro atoms. The maximum Gasteiger partial charge on any atom is 0.309 e. The van der Waals surface area contributed by atoms with Crippen LogP contribution in [-0.2, 0) is 4.79 Å². The van der Waals surface area contributed by atoms with Gasteiger partial charge in [0.25, 0.3) is 0 Å². The van der Waals surface area contributed by atoms with E-state index in [1.165, 1.54) is 12.1 Å². The summed E-state index contributed by atoms with van der Waals surface area (Å²) in [5, 5.41) is 8.92. The van der Waals surface area contributed by atoms with Gasteiger partial charge < -0.3 is 9.84 Å². The molecule has 0 amide bonds. The van der Waals surface area contributed by atoms with Crippen molar-refractivity contribution in [3.8, 4) is 5.75 Å². The Bertz CT molecular complexity index is 444. The van der Waals surface area contributed by atoms with Crippen molar-refractivity contribution in [2.75, 3.05) is 6.61 Å². The van der Waals surface area contributed by atoms with Crippen LogP contribution in [0.15, 0.2) is 18.2 Å². The molecule has 1 rings (SSSR count). The average molecular weight is 272 g/mol. The second-order valence-corrected chi connectivity index (χ2v) is 5.05. The average Bonchev–Trinajstić information content (AvgIpc) is 2.33. The number of carboxylic acid groups (broad SMARTS) is 1. The zero-order valence-electron chi connectivity index (χ0n) is 11.1. The van der Waals surface area contributed by atoms with Crippen LogP contribution in [0.25, 0.3) is 0 Å². The fourth-order valence-electron chi connectivity index (χ4n) is 1.55. The Kier molecular flexibility index (Phi) is 5.27. The molecular weight excluding hydrogens is 254 g/mol. The molecule has 0 atom stereocenters. The molecule has 0 aromatic heterocycles. The van der Waals surface area contributed by atoms with Crippen LogP contribution in [0.3, 0.4) is 0 Å². The Morgan fingerprint density at radius 3 is 2.63 bits per heavy atom. The molecule has 0 fully saturated rings. The van der Waals surface area contributed by atoms with Crippen LogP contribution < -0.4 is 4.74 Å². The van der Waals surface area contributed by atoms with Crippen molar-refractivity contribution in [1.82, 2.24) is 0 Å². The van der Waals surface area contributed by atoms with Gasteiger partial charge >= 0.3 is 5.97 Å². The summed E-state index contributed by atoms with van der Waals surface area (Å²) in [6.07, 6.45) is 1.75. The molecule has 0 unspecified atom stereocenters. The second-order valence-electron chi connectivity index (χ2n) is 5.05. The first-order valence-corrected chi connectivity index (χ1v) is 6.15. The third-order valence-corrected chi connectivity index (χ3v) is 2.95. The number of carbonyl (C=O) groups is 1. The number of benzene rings is 1. The van der Waals surface area contributed by atoms with E-state index in [2.05, 4.69) is 0 Å². The quantitative estimate of drug-likeness (QED) is 0.771. The van der Waals surface area contributed by atoms with Crippen LogP contribution in [0.1, 0.15) is 33.1 Å². The maximum absolute atomic E-state index is 13.2. The van der Waals surface area contributed by atoms with Gasteiger partial charge in [-0.2, -0.15) is 4.39 Å². The minimum atomic E-state index is -0.992. The number of carboxylic acids is 1. The van der Waals surface area contributed by atoms with Gasteiger partial charge in [0.2, 0.25) is 5.82 Å². The maximum atomic E-state index is 13.2. The van der Waals surface area contributed by atoms with Gasteiger partial charge in [-0.15, -0.1) is 0 Å². The molecule has 3 nitrogen and oxygen atoms in total. The molecule has 1 N–H and O–H groups in total. The fraction of sp³-hybridized carbons (Fsp3) is 0.500. The van der Waals surface area contributed by atoms with Crippen molar-refractivity contribution in [2.24, 2.45) is 5.41 Å². The molecule has 0 radical (unpaired) electrons. The molecule has 5 heteroatoms. The molecule has 0 aliphatic carbocycles. The predicted molar refractivity (Wildman–Crippen MR) is 67.1 cm³/mol. The van der Waals surface area contributed by atoms with E-state index >= 15 is 0 Å². The van der Waals surface area contributed by atoms with Crippen LogP contribution in [0.4, 0.5) is 8.78 Å². The molecule has 0 aliphatic rings. The van der Waals surface area contributed by atoms with E-state index in [0.29, 0.717) is 19.3 Å². The van der Waals surface area contributed by atoms with Gasteiger partial charge in [-0.1, -0.05) is 6.07 Å². The highest BCUT2D eigenvalue weighted by molar-refractivity contribution is 5.73. The summed E-state index contributed by atoms with van der Waals surface area (Å²) in [7, 11) is 0. The Balaban J connectivity index is 2.32. The van der Waals surface area contributed by atoms with Crippen LogP contribution in [0, 0.1) is 17.0 Å². The lowest BCUT2D eigenvalue weighted by molar-refractivity contribution is -0.147. The number of hydrogen-bond donors (Lipinski definition) is 1. The Labute approximate surface area is 111 Å². The first-order valence-electron chi connectivity index (χ1n) is 6.15. The summed E-state index contributed by atoms with van der Waals surface area (Å²) >= 11 is 0. The molecule has 0 bridgehead atoms. The number of rotatable bonds is 7. The van der Waals surface area contributed by atoms with Gasteiger partial charge in [0.05, 0.1) is 12.0 Å². The van der Waals surface area contributed by atoms with Crippen molar-refractivity contribution < 1.29 is 23.4 Å². The van der Waals surface area contributed by atoms with Gasteiger partial charge in [0.1, 0.15) is 0 Å². The van der Waals surface area contributed by atoms with Gasteiger partial charge in [0.15, 0.2) is 11.6 Å². The van der Waals surface area contributed by atoms with Crippen molar-refractivity contribution in [3.63, 3.8) is 0 Å². The van der Waals surface area contributed by atoms with Gasteiger partial charge in [-0.25, -0.2) is 4.39 Å².